The number of nitrogens with zero attached hydrogens (tertiary/aromatic N) is 2. The summed E-state index contributed by atoms with van der Waals surface area (Å²) in [6.07, 6.45) is 2.72. The van der Waals surface area contributed by atoms with Gasteiger partial charge >= 0.3 is 0 Å². The lowest BCUT2D eigenvalue weighted by atomic mass is 10.1. The zero-order chi connectivity index (χ0) is 12.8. The molecule has 0 saturated heterocycles. The molecule has 2 aromatic rings. The third-order valence-electron chi connectivity index (χ3n) is 2.52. The third kappa shape index (κ3) is 3.04. The Hall–Kier alpha value is -1.50. The molecule has 1 aromatic carbocycles. The predicted molar refractivity (Wildman–Crippen MR) is 71.3 cm³/mol. The van der Waals surface area contributed by atoms with E-state index in [1.54, 1.807) is 6.20 Å². The van der Waals surface area contributed by atoms with Crippen LogP contribution in [0.3, 0.4) is 0 Å². The molecule has 96 valence electrons. The first-order chi connectivity index (χ1) is 8.85. The number of ether oxygens (including phenoxy) is 1. The third-order valence-corrected chi connectivity index (χ3v) is 3.24. The topological polar surface area (TPSA) is 73.1 Å². The molecule has 0 bridgehead atoms. The van der Waals surface area contributed by atoms with Gasteiger partial charge in [-0.1, -0.05) is 23.5 Å². The van der Waals surface area contributed by atoms with Gasteiger partial charge in [0, 0.05) is 0 Å². The SMILES string of the molecule is CCCOc1ccc(C(NN)c2cnns2)cc1. The minimum absolute atomic E-state index is 0.0785. The fourth-order valence-corrected chi connectivity index (χ4v) is 2.21. The van der Waals surface area contributed by atoms with Crippen molar-refractivity contribution in [3.05, 3.63) is 40.9 Å². The molecule has 0 aliphatic rings. The van der Waals surface area contributed by atoms with Gasteiger partial charge in [0.15, 0.2) is 0 Å². The average molecular weight is 264 g/mol. The van der Waals surface area contributed by atoms with Gasteiger partial charge in [0.25, 0.3) is 0 Å². The number of nitrogens with one attached hydrogen (secondary N) is 1. The second-order valence-electron chi connectivity index (χ2n) is 3.84. The summed E-state index contributed by atoms with van der Waals surface area (Å²) < 4.78 is 9.39. The minimum Gasteiger partial charge on any atom is -0.494 e. The Bertz CT molecular complexity index is 457. The van der Waals surface area contributed by atoms with Crippen LogP contribution in [0.1, 0.15) is 29.8 Å². The Morgan fingerprint density at radius 2 is 2.17 bits per heavy atom. The zero-order valence-electron chi connectivity index (χ0n) is 10.2. The van der Waals surface area contributed by atoms with Gasteiger partial charge in [0.1, 0.15) is 5.75 Å². The largest absolute Gasteiger partial charge is 0.494 e. The lowest BCUT2D eigenvalue weighted by Crippen LogP contribution is -2.28. The summed E-state index contributed by atoms with van der Waals surface area (Å²) in [5.41, 5.74) is 3.84. The summed E-state index contributed by atoms with van der Waals surface area (Å²) in [6, 6.07) is 7.81. The number of benzene rings is 1. The Morgan fingerprint density at radius 3 is 2.72 bits per heavy atom. The first-order valence-corrected chi connectivity index (χ1v) is 6.58. The lowest BCUT2D eigenvalue weighted by Gasteiger charge is -2.14. The highest BCUT2D eigenvalue weighted by molar-refractivity contribution is 7.05. The van der Waals surface area contributed by atoms with E-state index in [9.17, 15) is 0 Å². The van der Waals surface area contributed by atoms with Crippen LogP contribution in [0, 0.1) is 0 Å². The van der Waals surface area contributed by atoms with Crippen molar-refractivity contribution in [3.8, 4) is 5.75 Å². The monoisotopic (exact) mass is 264 g/mol. The molecule has 0 aliphatic carbocycles. The molecular formula is C12H16N4OS. The van der Waals surface area contributed by atoms with Crippen LogP contribution in [0.2, 0.25) is 0 Å². The number of rotatable bonds is 6. The van der Waals surface area contributed by atoms with E-state index < -0.39 is 0 Å². The number of hydrazine groups is 1. The fourth-order valence-electron chi connectivity index (χ4n) is 1.62. The summed E-state index contributed by atoms with van der Waals surface area (Å²) in [6.45, 7) is 2.82. The second kappa shape index (κ2) is 6.44. The van der Waals surface area contributed by atoms with Crippen molar-refractivity contribution < 1.29 is 4.74 Å². The number of aromatic nitrogens is 2. The molecule has 0 spiro atoms. The molecule has 2 rings (SSSR count). The van der Waals surface area contributed by atoms with Gasteiger partial charge in [-0.05, 0) is 35.6 Å². The maximum absolute atomic E-state index is 5.58. The summed E-state index contributed by atoms with van der Waals surface area (Å²) in [5, 5.41) is 3.82. The number of hydrogen-bond acceptors (Lipinski definition) is 6. The molecule has 18 heavy (non-hydrogen) atoms. The Balaban J connectivity index is 2.12. The highest BCUT2D eigenvalue weighted by Gasteiger charge is 2.14. The van der Waals surface area contributed by atoms with Crippen molar-refractivity contribution in [1.82, 2.24) is 15.0 Å². The maximum atomic E-state index is 5.58. The van der Waals surface area contributed by atoms with E-state index in [4.69, 9.17) is 10.6 Å². The van der Waals surface area contributed by atoms with E-state index in [0.717, 1.165) is 29.2 Å². The van der Waals surface area contributed by atoms with Crippen molar-refractivity contribution in [3.63, 3.8) is 0 Å². The summed E-state index contributed by atoms with van der Waals surface area (Å²) in [5.74, 6) is 6.46. The van der Waals surface area contributed by atoms with Crippen LogP contribution in [0.4, 0.5) is 0 Å². The van der Waals surface area contributed by atoms with Gasteiger partial charge < -0.3 is 4.74 Å². The Kier molecular flexibility index (Phi) is 4.63. The molecule has 1 unspecified atom stereocenters. The van der Waals surface area contributed by atoms with E-state index in [1.165, 1.54) is 11.5 Å². The molecule has 0 radical (unpaired) electrons. The fraction of sp³-hybridized carbons (Fsp3) is 0.333. The van der Waals surface area contributed by atoms with Crippen LogP contribution in [0.25, 0.3) is 0 Å². The van der Waals surface area contributed by atoms with Crippen molar-refractivity contribution in [2.75, 3.05) is 6.61 Å². The van der Waals surface area contributed by atoms with Gasteiger partial charge in [-0.25, -0.2) is 5.43 Å². The molecule has 1 atom stereocenters. The van der Waals surface area contributed by atoms with E-state index in [0.29, 0.717) is 0 Å². The molecule has 1 aromatic heterocycles. The number of hydrogen-bond donors (Lipinski definition) is 2. The summed E-state index contributed by atoms with van der Waals surface area (Å²) >= 11 is 1.33. The molecule has 0 fully saturated rings. The molecule has 5 nitrogen and oxygen atoms in total. The number of nitrogens with two attached hydrogens (primary N) is 1. The first-order valence-electron chi connectivity index (χ1n) is 5.81. The first kappa shape index (κ1) is 12.9. The van der Waals surface area contributed by atoms with E-state index in [1.807, 2.05) is 24.3 Å². The van der Waals surface area contributed by atoms with Gasteiger partial charge in [-0.2, -0.15) is 0 Å². The van der Waals surface area contributed by atoms with Gasteiger partial charge in [-0.3, -0.25) is 5.84 Å². The van der Waals surface area contributed by atoms with Gasteiger partial charge in [0.2, 0.25) is 0 Å². The van der Waals surface area contributed by atoms with Crippen molar-refractivity contribution in [2.24, 2.45) is 5.84 Å². The standard InChI is InChI=1S/C12H16N4OS/c1-2-7-17-10-5-3-9(4-6-10)12(15-13)11-8-14-16-18-11/h3-6,8,12,15H,2,7,13H2,1H3. The van der Waals surface area contributed by atoms with E-state index in [2.05, 4.69) is 21.9 Å². The predicted octanol–water partition coefficient (Wildman–Crippen LogP) is 1.88. The van der Waals surface area contributed by atoms with Crippen molar-refractivity contribution >= 4 is 11.5 Å². The zero-order valence-corrected chi connectivity index (χ0v) is 11.0. The second-order valence-corrected chi connectivity index (χ2v) is 4.65. The summed E-state index contributed by atoms with van der Waals surface area (Å²) in [4.78, 5) is 0.986. The van der Waals surface area contributed by atoms with Crippen LogP contribution >= 0.6 is 11.5 Å². The van der Waals surface area contributed by atoms with Crippen LogP contribution in [-0.4, -0.2) is 16.2 Å². The molecule has 0 saturated carbocycles. The van der Waals surface area contributed by atoms with Crippen LogP contribution < -0.4 is 16.0 Å². The molecule has 0 aliphatic heterocycles. The van der Waals surface area contributed by atoms with Crippen molar-refractivity contribution in [1.29, 1.82) is 0 Å². The Labute approximate surface area is 110 Å². The highest BCUT2D eigenvalue weighted by Crippen LogP contribution is 2.24. The maximum Gasteiger partial charge on any atom is 0.119 e. The van der Waals surface area contributed by atoms with Gasteiger partial charge in [-0.15, -0.1) is 5.10 Å². The molecular weight excluding hydrogens is 248 g/mol. The Morgan fingerprint density at radius 1 is 1.39 bits per heavy atom. The minimum atomic E-state index is -0.0785. The molecule has 0 amide bonds. The van der Waals surface area contributed by atoms with Crippen molar-refractivity contribution in [2.45, 2.75) is 19.4 Å². The molecule has 6 heteroatoms. The summed E-state index contributed by atoms with van der Waals surface area (Å²) in [7, 11) is 0. The van der Waals surface area contributed by atoms with E-state index in [-0.39, 0.29) is 6.04 Å². The van der Waals surface area contributed by atoms with Gasteiger partial charge in [0.05, 0.1) is 23.7 Å². The molecule has 1 heterocycles. The van der Waals surface area contributed by atoms with Crippen LogP contribution in [0.5, 0.6) is 5.75 Å². The smallest absolute Gasteiger partial charge is 0.119 e. The van der Waals surface area contributed by atoms with Crippen LogP contribution in [-0.2, 0) is 0 Å². The molecule has 3 N–H and O–H groups in total. The normalized spacial score (nSPS) is 12.3. The average Bonchev–Trinajstić information content (AvgIpc) is 2.93. The van der Waals surface area contributed by atoms with E-state index >= 15 is 0 Å². The van der Waals surface area contributed by atoms with Crippen LogP contribution in [0.15, 0.2) is 30.5 Å². The highest BCUT2D eigenvalue weighted by atomic mass is 32.1. The quantitative estimate of drug-likeness (QED) is 0.615. The lowest BCUT2D eigenvalue weighted by molar-refractivity contribution is 0.317.